The smallest absolute Gasteiger partial charge is 0.258 e. The van der Waals surface area contributed by atoms with E-state index >= 15 is 0 Å². The number of nitrogens with zero attached hydrogens (tertiary/aromatic N) is 2. The fourth-order valence-corrected chi connectivity index (χ4v) is 3.90. The second-order valence-corrected chi connectivity index (χ2v) is 8.39. The van der Waals surface area contributed by atoms with Gasteiger partial charge in [0.05, 0.1) is 11.4 Å². The maximum absolute atomic E-state index is 12.9. The zero-order valence-corrected chi connectivity index (χ0v) is 15.3. The summed E-state index contributed by atoms with van der Waals surface area (Å²) in [5.41, 5.74) is 3.26. The Balaban J connectivity index is 1.85. The molecule has 132 valence electrons. The van der Waals surface area contributed by atoms with Crippen LogP contribution in [0.2, 0.25) is 0 Å². The van der Waals surface area contributed by atoms with Gasteiger partial charge in [-0.25, -0.2) is 8.42 Å². The lowest BCUT2D eigenvalue weighted by molar-refractivity contribution is 0.0985. The van der Waals surface area contributed by atoms with E-state index in [1.54, 1.807) is 36.1 Å². The van der Waals surface area contributed by atoms with E-state index in [-0.39, 0.29) is 11.7 Å². The van der Waals surface area contributed by atoms with Crippen LogP contribution in [0.5, 0.6) is 0 Å². The standard InChI is InChI=1S/C19H22N2O3S/c1-3-25(23,24)20(2)17-12-10-16(11-13-17)19(22)21-14-6-8-15-7-4-5-9-18(15)21/h4-5,7,9-13H,3,6,8,14H2,1-2H3. The molecule has 3 rings (SSSR count). The van der Waals surface area contributed by atoms with Crippen molar-refractivity contribution in [3.8, 4) is 0 Å². The number of carbonyl (C=O) groups excluding carboxylic acids is 1. The quantitative estimate of drug-likeness (QED) is 0.844. The van der Waals surface area contributed by atoms with Gasteiger partial charge in [0.25, 0.3) is 5.91 Å². The van der Waals surface area contributed by atoms with Gasteiger partial charge in [0, 0.05) is 24.8 Å². The first kappa shape index (κ1) is 17.5. The summed E-state index contributed by atoms with van der Waals surface area (Å²) >= 11 is 0. The molecule has 5 nitrogen and oxygen atoms in total. The molecule has 1 aliphatic rings. The first-order valence-corrected chi connectivity index (χ1v) is 10.0. The van der Waals surface area contributed by atoms with Crippen LogP contribution in [0.15, 0.2) is 48.5 Å². The molecule has 0 saturated heterocycles. The fourth-order valence-electron chi connectivity index (χ4n) is 3.07. The monoisotopic (exact) mass is 358 g/mol. The SMILES string of the molecule is CCS(=O)(=O)N(C)c1ccc(C(=O)N2CCCc3ccccc32)cc1. The molecule has 2 aromatic rings. The number of hydrogen-bond donors (Lipinski definition) is 0. The lowest BCUT2D eigenvalue weighted by Gasteiger charge is -2.29. The van der Waals surface area contributed by atoms with E-state index in [2.05, 4.69) is 6.07 Å². The summed E-state index contributed by atoms with van der Waals surface area (Å²) in [5.74, 6) is -0.0194. The molecule has 0 saturated carbocycles. The van der Waals surface area contributed by atoms with Crippen LogP contribution in [0, 0.1) is 0 Å². The summed E-state index contributed by atoms with van der Waals surface area (Å²) in [5, 5.41) is 0. The van der Waals surface area contributed by atoms with Crippen molar-refractivity contribution in [1.29, 1.82) is 0 Å². The van der Waals surface area contributed by atoms with E-state index in [1.807, 2.05) is 18.2 Å². The predicted molar refractivity (Wildman–Crippen MR) is 101 cm³/mol. The Morgan fingerprint density at radius 3 is 2.48 bits per heavy atom. The lowest BCUT2D eigenvalue weighted by Crippen LogP contribution is -2.35. The number of hydrogen-bond acceptors (Lipinski definition) is 3. The Kier molecular flexibility index (Phi) is 4.81. The highest BCUT2D eigenvalue weighted by molar-refractivity contribution is 7.92. The topological polar surface area (TPSA) is 57.7 Å². The first-order chi connectivity index (χ1) is 11.9. The van der Waals surface area contributed by atoms with Gasteiger partial charge in [-0.3, -0.25) is 9.10 Å². The van der Waals surface area contributed by atoms with Gasteiger partial charge in [0.15, 0.2) is 0 Å². The minimum Gasteiger partial charge on any atom is -0.308 e. The van der Waals surface area contributed by atoms with Crippen molar-refractivity contribution in [2.45, 2.75) is 19.8 Å². The number of aryl methyl sites for hydroxylation is 1. The molecule has 2 aromatic carbocycles. The van der Waals surface area contributed by atoms with Gasteiger partial charge >= 0.3 is 0 Å². The summed E-state index contributed by atoms with van der Waals surface area (Å²) in [6.45, 7) is 2.30. The Morgan fingerprint density at radius 2 is 1.80 bits per heavy atom. The summed E-state index contributed by atoms with van der Waals surface area (Å²) in [6, 6.07) is 14.7. The van der Waals surface area contributed by atoms with E-state index in [0.29, 0.717) is 17.8 Å². The summed E-state index contributed by atoms with van der Waals surface area (Å²) in [7, 11) is -1.78. The minimum absolute atomic E-state index is 0.0365. The first-order valence-electron chi connectivity index (χ1n) is 8.40. The molecule has 1 aliphatic heterocycles. The molecule has 1 amide bonds. The third-order valence-corrected chi connectivity index (χ3v) is 6.39. The van der Waals surface area contributed by atoms with Gasteiger partial charge < -0.3 is 4.90 Å². The molecular weight excluding hydrogens is 336 g/mol. The summed E-state index contributed by atoms with van der Waals surface area (Å²) in [4.78, 5) is 14.7. The zero-order valence-electron chi connectivity index (χ0n) is 14.5. The highest BCUT2D eigenvalue weighted by atomic mass is 32.2. The maximum Gasteiger partial charge on any atom is 0.258 e. The number of fused-ring (bicyclic) bond motifs is 1. The molecule has 0 spiro atoms. The largest absolute Gasteiger partial charge is 0.308 e. The van der Waals surface area contributed by atoms with E-state index < -0.39 is 10.0 Å². The Bertz CT molecular complexity index is 876. The van der Waals surface area contributed by atoms with Crippen LogP contribution in [0.25, 0.3) is 0 Å². The number of para-hydroxylation sites is 1. The van der Waals surface area contributed by atoms with Gasteiger partial charge in [-0.15, -0.1) is 0 Å². The van der Waals surface area contributed by atoms with Crippen LogP contribution < -0.4 is 9.21 Å². The summed E-state index contributed by atoms with van der Waals surface area (Å²) in [6.07, 6.45) is 1.93. The lowest BCUT2D eigenvalue weighted by atomic mass is 10.0. The maximum atomic E-state index is 12.9. The van der Waals surface area contributed by atoms with Crippen LogP contribution in [0.1, 0.15) is 29.3 Å². The highest BCUT2D eigenvalue weighted by Gasteiger charge is 2.23. The second kappa shape index (κ2) is 6.88. The van der Waals surface area contributed by atoms with E-state index in [9.17, 15) is 13.2 Å². The number of benzene rings is 2. The van der Waals surface area contributed by atoms with Gasteiger partial charge in [-0.05, 0) is 55.7 Å². The van der Waals surface area contributed by atoms with Crippen LogP contribution in [-0.4, -0.2) is 33.7 Å². The van der Waals surface area contributed by atoms with Crippen LogP contribution >= 0.6 is 0 Å². The van der Waals surface area contributed by atoms with Crippen LogP contribution in [0.4, 0.5) is 11.4 Å². The molecule has 0 unspecified atom stereocenters. The van der Waals surface area contributed by atoms with Crippen LogP contribution in [-0.2, 0) is 16.4 Å². The molecule has 0 atom stereocenters. The number of sulfonamides is 1. The number of rotatable bonds is 4. The average Bonchev–Trinajstić information content (AvgIpc) is 2.66. The van der Waals surface area contributed by atoms with Crippen LogP contribution in [0.3, 0.4) is 0 Å². The van der Waals surface area contributed by atoms with Crippen molar-refractivity contribution < 1.29 is 13.2 Å². The predicted octanol–water partition coefficient (Wildman–Crippen LogP) is 3.07. The van der Waals surface area contributed by atoms with Gasteiger partial charge in [0.2, 0.25) is 10.0 Å². The summed E-state index contributed by atoms with van der Waals surface area (Å²) < 4.78 is 25.2. The Morgan fingerprint density at radius 1 is 1.12 bits per heavy atom. The molecule has 0 fully saturated rings. The molecule has 1 heterocycles. The molecule has 6 heteroatoms. The average molecular weight is 358 g/mol. The molecule has 0 bridgehead atoms. The number of amides is 1. The van der Waals surface area contributed by atoms with Crippen molar-refractivity contribution >= 4 is 27.3 Å². The Labute approximate surface area is 148 Å². The van der Waals surface area contributed by atoms with Crippen molar-refractivity contribution in [3.05, 3.63) is 59.7 Å². The van der Waals surface area contributed by atoms with E-state index in [1.165, 1.54) is 16.9 Å². The van der Waals surface area contributed by atoms with E-state index in [0.717, 1.165) is 18.5 Å². The highest BCUT2D eigenvalue weighted by Crippen LogP contribution is 2.28. The third kappa shape index (κ3) is 3.39. The number of anilines is 2. The normalized spacial score (nSPS) is 14.1. The van der Waals surface area contributed by atoms with Gasteiger partial charge in [-0.1, -0.05) is 18.2 Å². The fraction of sp³-hybridized carbons (Fsp3) is 0.316. The van der Waals surface area contributed by atoms with Gasteiger partial charge in [-0.2, -0.15) is 0 Å². The molecule has 0 radical (unpaired) electrons. The Hall–Kier alpha value is -2.34. The molecule has 0 aliphatic carbocycles. The molecular formula is C19H22N2O3S. The van der Waals surface area contributed by atoms with Crippen molar-refractivity contribution in [3.63, 3.8) is 0 Å². The van der Waals surface area contributed by atoms with Gasteiger partial charge in [0.1, 0.15) is 0 Å². The zero-order chi connectivity index (χ0) is 18.0. The second-order valence-electron chi connectivity index (χ2n) is 6.10. The number of carbonyl (C=O) groups is 1. The minimum atomic E-state index is -3.31. The van der Waals surface area contributed by atoms with Crippen molar-refractivity contribution in [1.82, 2.24) is 0 Å². The molecule has 25 heavy (non-hydrogen) atoms. The van der Waals surface area contributed by atoms with E-state index in [4.69, 9.17) is 0 Å². The molecule has 0 aromatic heterocycles. The molecule has 0 N–H and O–H groups in total. The third-order valence-electron chi connectivity index (χ3n) is 4.62. The van der Waals surface area contributed by atoms with Crippen molar-refractivity contribution in [2.24, 2.45) is 0 Å². The van der Waals surface area contributed by atoms with Crippen molar-refractivity contribution in [2.75, 3.05) is 28.6 Å².